The van der Waals surface area contributed by atoms with E-state index in [1.807, 2.05) is 24.4 Å². The number of hydrogen-bond donors (Lipinski definition) is 1. The first-order valence-corrected chi connectivity index (χ1v) is 7.60. The molecule has 0 bridgehead atoms. The zero-order valence-corrected chi connectivity index (χ0v) is 12.3. The summed E-state index contributed by atoms with van der Waals surface area (Å²) in [6.45, 7) is 0. The summed E-state index contributed by atoms with van der Waals surface area (Å²) in [4.78, 5) is 5.38. The maximum absolute atomic E-state index is 5.96. The smallest absolute Gasteiger partial charge is 0.0702 e. The second-order valence-electron chi connectivity index (χ2n) is 4.50. The molecule has 0 unspecified atom stereocenters. The summed E-state index contributed by atoms with van der Waals surface area (Å²) in [7, 11) is 0. The van der Waals surface area contributed by atoms with Gasteiger partial charge in [-0.25, -0.2) is 0 Å². The molecule has 0 spiro atoms. The normalized spacial score (nSPS) is 10.8. The number of hydrogen-bond acceptors (Lipinski definition) is 3. The Kier molecular flexibility index (Phi) is 3.81. The Morgan fingerprint density at radius 3 is 2.85 bits per heavy atom. The molecule has 0 aliphatic rings. The van der Waals surface area contributed by atoms with E-state index in [0.717, 1.165) is 27.2 Å². The summed E-state index contributed by atoms with van der Waals surface area (Å²) in [6, 6.07) is 16.0. The second-order valence-corrected chi connectivity index (χ2v) is 5.95. The lowest BCUT2D eigenvalue weighted by atomic mass is 10.1. The van der Waals surface area contributed by atoms with Gasteiger partial charge in [-0.2, -0.15) is 0 Å². The maximum Gasteiger partial charge on any atom is 0.0702 e. The van der Waals surface area contributed by atoms with Gasteiger partial charge in [0.25, 0.3) is 0 Å². The molecule has 0 saturated carbocycles. The van der Waals surface area contributed by atoms with Crippen LogP contribution in [0.4, 0.5) is 5.69 Å². The van der Waals surface area contributed by atoms with Gasteiger partial charge in [0.15, 0.2) is 0 Å². The molecule has 20 heavy (non-hydrogen) atoms. The highest BCUT2D eigenvalue weighted by Gasteiger charge is 2.03. The molecule has 3 rings (SSSR count). The number of aromatic nitrogens is 1. The van der Waals surface area contributed by atoms with Crippen LogP contribution in [0, 0.1) is 0 Å². The summed E-state index contributed by atoms with van der Waals surface area (Å²) in [5.74, 6) is 0.872. The highest BCUT2D eigenvalue weighted by Crippen LogP contribution is 2.30. The Hall–Kier alpha value is -1.71. The molecule has 2 aromatic carbocycles. The van der Waals surface area contributed by atoms with Crippen LogP contribution < -0.4 is 5.73 Å². The van der Waals surface area contributed by atoms with E-state index in [1.54, 1.807) is 17.8 Å². The first-order valence-electron chi connectivity index (χ1n) is 6.24. The molecule has 0 saturated heterocycles. The molecule has 3 aromatic rings. The zero-order valence-electron chi connectivity index (χ0n) is 10.7. The molecule has 0 radical (unpaired) electrons. The van der Waals surface area contributed by atoms with Crippen molar-refractivity contribution < 1.29 is 0 Å². The first-order chi connectivity index (χ1) is 9.72. The summed E-state index contributed by atoms with van der Waals surface area (Å²) < 4.78 is 0. The predicted octanol–water partition coefficient (Wildman–Crippen LogP) is 4.76. The van der Waals surface area contributed by atoms with Gasteiger partial charge in [-0.1, -0.05) is 23.7 Å². The van der Waals surface area contributed by atoms with Crippen LogP contribution in [-0.4, -0.2) is 4.98 Å². The molecule has 0 fully saturated rings. The first kappa shape index (κ1) is 13.3. The standard InChI is InChI=1S/C16H13ClN2S/c17-13-4-6-16(14(18)9-13)20-10-11-3-5-15-12(8-11)2-1-7-19-15/h1-9H,10,18H2. The Bertz CT molecular complexity index is 758. The Morgan fingerprint density at radius 1 is 1.10 bits per heavy atom. The van der Waals surface area contributed by atoms with E-state index >= 15 is 0 Å². The fourth-order valence-corrected chi connectivity index (χ4v) is 3.10. The number of benzene rings is 2. The van der Waals surface area contributed by atoms with Crippen LogP contribution in [0.3, 0.4) is 0 Å². The van der Waals surface area contributed by atoms with Gasteiger partial charge >= 0.3 is 0 Å². The molecule has 0 aliphatic carbocycles. The van der Waals surface area contributed by atoms with Gasteiger partial charge < -0.3 is 5.73 Å². The maximum atomic E-state index is 5.96. The third-order valence-corrected chi connectivity index (χ3v) is 4.43. The van der Waals surface area contributed by atoms with Crippen molar-refractivity contribution in [2.24, 2.45) is 0 Å². The molecular weight excluding hydrogens is 288 g/mol. The zero-order chi connectivity index (χ0) is 13.9. The third kappa shape index (κ3) is 2.89. The molecule has 0 atom stereocenters. The van der Waals surface area contributed by atoms with Gasteiger partial charge in [0.05, 0.1) is 5.52 Å². The van der Waals surface area contributed by atoms with Crippen LogP contribution >= 0.6 is 23.4 Å². The monoisotopic (exact) mass is 300 g/mol. The van der Waals surface area contributed by atoms with E-state index in [1.165, 1.54) is 5.56 Å². The quantitative estimate of drug-likeness (QED) is 0.560. The van der Waals surface area contributed by atoms with Crippen LogP contribution in [-0.2, 0) is 5.75 Å². The van der Waals surface area contributed by atoms with E-state index in [4.69, 9.17) is 17.3 Å². The molecular formula is C16H13ClN2S. The lowest BCUT2D eigenvalue weighted by molar-refractivity contribution is 1.37. The minimum Gasteiger partial charge on any atom is -0.398 e. The van der Waals surface area contributed by atoms with Crippen molar-refractivity contribution in [3.05, 3.63) is 65.3 Å². The largest absolute Gasteiger partial charge is 0.398 e. The number of nitrogens with zero attached hydrogens (tertiary/aromatic N) is 1. The van der Waals surface area contributed by atoms with Crippen LogP contribution in [0.25, 0.3) is 10.9 Å². The highest BCUT2D eigenvalue weighted by molar-refractivity contribution is 7.98. The van der Waals surface area contributed by atoms with Crippen molar-refractivity contribution in [2.75, 3.05) is 5.73 Å². The summed E-state index contributed by atoms with van der Waals surface area (Å²) in [5.41, 5.74) is 8.96. The number of nitrogens with two attached hydrogens (primary N) is 1. The van der Waals surface area contributed by atoms with Gasteiger partial charge in [-0.05, 0) is 42.0 Å². The number of rotatable bonds is 3. The molecule has 2 nitrogen and oxygen atoms in total. The van der Waals surface area contributed by atoms with Crippen LogP contribution in [0.2, 0.25) is 5.02 Å². The van der Waals surface area contributed by atoms with Crippen molar-refractivity contribution in [1.29, 1.82) is 0 Å². The summed E-state index contributed by atoms with van der Waals surface area (Å²) >= 11 is 7.62. The van der Waals surface area contributed by atoms with Crippen molar-refractivity contribution in [2.45, 2.75) is 10.6 Å². The highest BCUT2D eigenvalue weighted by atomic mass is 35.5. The van der Waals surface area contributed by atoms with Gasteiger partial charge in [0.1, 0.15) is 0 Å². The molecule has 0 aliphatic heterocycles. The molecule has 1 heterocycles. The summed E-state index contributed by atoms with van der Waals surface area (Å²) in [5, 5.41) is 1.83. The van der Waals surface area contributed by atoms with Gasteiger partial charge in [0, 0.05) is 32.9 Å². The van der Waals surface area contributed by atoms with E-state index in [9.17, 15) is 0 Å². The topological polar surface area (TPSA) is 38.9 Å². The molecule has 0 amide bonds. The van der Waals surface area contributed by atoms with E-state index < -0.39 is 0 Å². The van der Waals surface area contributed by atoms with E-state index in [-0.39, 0.29) is 0 Å². The fourth-order valence-electron chi connectivity index (χ4n) is 2.03. The molecule has 4 heteroatoms. The fraction of sp³-hybridized carbons (Fsp3) is 0.0625. The molecule has 100 valence electrons. The van der Waals surface area contributed by atoms with Gasteiger partial charge in [0.2, 0.25) is 0 Å². The van der Waals surface area contributed by atoms with Crippen molar-refractivity contribution in [1.82, 2.24) is 4.98 Å². The minimum atomic E-state index is 0.670. The van der Waals surface area contributed by atoms with Crippen molar-refractivity contribution >= 4 is 40.0 Å². The van der Waals surface area contributed by atoms with Gasteiger partial charge in [-0.3, -0.25) is 4.98 Å². The van der Waals surface area contributed by atoms with Crippen molar-refractivity contribution in [3.8, 4) is 0 Å². The predicted molar refractivity (Wildman–Crippen MR) is 87.2 cm³/mol. The van der Waals surface area contributed by atoms with E-state index in [2.05, 4.69) is 29.2 Å². The number of fused-ring (bicyclic) bond motifs is 1. The third-order valence-electron chi connectivity index (χ3n) is 3.03. The SMILES string of the molecule is Nc1cc(Cl)ccc1SCc1ccc2ncccc2c1. The number of thioether (sulfide) groups is 1. The molecule has 2 N–H and O–H groups in total. The number of anilines is 1. The number of pyridine rings is 1. The molecule has 1 aromatic heterocycles. The number of nitrogen functional groups attached to an aromatic ring is 1. The van der Waals surface area contributed by atoms with E-state index in [0.29, 0.717) is 5.02 Å². The van der Waals surface area contributed by atoms with Crippen LogP contribution in [0.5, 0.6) is 0 Å². The van der Waals surface area contributed by atoms with Gasteiger partial charge in [-0.15, -0.1) is 11.8 Å². The minimum absolute atomic E-state index is 0.670. The average Bonchev–Trinajstić information content (AvgIpc) is 2.46. The summed E-state index contributed by atoms with van der Waals surface area (Å²) in [6.07, 6.45) is 1.81. The lowest BCUT2D eigenvalue weighted by Crippen LogP contribution is -1.89. The Morgan fingerprint density at radius 2 is 2.00 bits per heavy atom. The van der Waals surface area contributed by atoms with Crippen LogP contribution in [0.1, 0.15) is 5.56 Å². The second kappa shape index (κ2) is 5.73. The van der Waals surface area contributed by atoms with Crippen LogP contribution in [0.15, 0.2) is 59.6 Å². The Labute approximate surface area is 127 Å². The Balaban J connectivity index is 1.79. The average molecular weight is 301 g/mol. The lowest BCUT2D eigenvalue weighted by Gasteiger charge is -2.06. The van der Waals surface area contributed by atoms with Crippen molar-refractivity contribution in [3.63, 3.8) is 0 Å². The number of halogens is 1.